The first-order valence-corrected chi connectivity index (χ1v) is 11.3. The molecule has 1 aromatic rings. The minimum Gasteiger partial charge on any atom is -0.389 e. The highest BCUT2D eigenvalue weighted by molar-refractivity contribution is 6.30. The Labute approximate surface area is 188 Å². The maximum absolute atomic E-state index is 10.5. The standard InChI is InChI=1S/C23H37ClN2O2.ClH/c1-17(2)22-8-7-18(3)13-23(22)28-16-21(27)15-25-9-11-26(12-10-25)20-6-4-5-19(24)14-20;/h4-6,14,17-18,21-23,27H,7-13,15-16H2,1-3H3;1H. The van der Waals surface area contributed by atoms with Crippen LogP contribution in [0.4, 0.5) is 5.69 Å². The number of piperazine rings is 1. The first kappa shape index (κ1) is 24.7. The summed E-state index contributed by atoms with van der Waals surface area (Å²) in [6, 6.07) is 8.05. The van der Waals surface area contributed by atoms with Gasteiger partial charge in [-0.2, -0.15) is 0 Å². The van der Waals surface area contributed by atoms with E-state index in [1.54, 1.807) is 0 Å². The summed E-state index contributed by atoms with van der Waals surface area (Å²) in [5.74, 6) is 2.01. The van der Waals surface area contributed by atoms with Gasteiger partial charge in [0.2, 0.25) is 0 Å². The van der Waals surface area contributed by atoms with Crippen LogP contribution in [0.1, 0.15) is 40.0 Å². The van der Waals surface area contributed by atoms with E-state index >= 15 is 0 Å². The number of anilines is 1. The van der Waals surface area contributed by atoms with Crippen LogP contribution in [-0.2, 0) is 4.74 Å². The molecule has 1 saturated carbocycles. The molecule has 1 heterocycles. The second-order valence-corrected chi connectivity index (χ2v) is 9.56. The van der Waals surface area contributed by atoms with Gasteiger partial charge in [0.15, 0.2) is 0 Å². The van der Waals surface area contributed by atoms with Gasteiger partial charge < -0.3 is 14.7 Å². The molecular weight excluding hydrogens is 407 g/mol. The molecule has 1 aliphatic heterocycles. The number of ether oxygens (including phenoxy) is 1. The third kappa shape index (κ3) is 7.29. The molecule has 2 fully saturated rings. The Balaban J connectivity index is 0.00000300. The summed E-state index contributed by atoms with van der Waals surface area (Å²) < 4.78 is 6.23. The zero-order chi connectivity index (χ0) is 20.1. The van der Waals surface area contributed by atoms with Crippen molar-refractivity contribution in [3.8, 4) is 0 Å². The van der Waals surface area contributed by atoms with E-state index in [0.29, 0.717) is 31.1 Å². The van der Waals surface area contributed by atoms with Gasteiger partial charge in [-0.3, -0.25) is 4.90 Å². The summed E-state index contributed by atoms with van der Waals surface area (Å²) in [4.78, 5) is 4.71. The van der Waals surface area contributed by atoms with Gasteiger partial charge in [-0.1, -0.05) is 44.9 Å². The third-order valence-electron chi connectivity index (χ3n) is 6.48. The van der Waals surface area contributed by atoms with Crippen molar-refractivity contribution in [1.82, 2.24) is 4.90 Å². The van der Waals surface area contributed by atoms with Crippen molar-refractivity contribution < 1.29 is 9.84 Å². The topological polar surface area (TPSA) is 35.9 Å². The van der Waals surface area contributed by atoms with Crippen molar-refractivity contribution in [3.63, 3.8) is 0 Å². The second kappa shape index (κ2) is 11.8. The molecule has 166 valence electrons. The van der Waals surface area contributed by atoms with E-state index in [2.05, 4.69) is 36.6 Å². The third-order valence-corrected chi connectivity index (χ3v) is 6.71. The van der Waals surface area contributed by atoms with E-state index in [1.807, 2.05) is 18.2 Å². The van der Waals surface area contributed by atoms with Gasteiger partial charge in [0.05, 0.1) is 18.8 Å². The van der Waals surface area contributed by atoms with Gasteiger partial charge in [-0.15, -0.1) is 12.4 Å². The Morgan fingerprint density at radius 3 is 2.55 bits per heavy atom. The number of hydrogen-bond acceptors (Lipinski definition) is 4. The summed E-state index contributed by atoms with van der Waals surface area (Å²) in [6.07, 6.45) is 3.59. The molecule has 3 rings (SSSR count). The second-order valence-electron chi connectivity index (χ2n) is 9.12. The van der Waals surface area contributed by atoms with Crippen LogP contribution in [0, 0.1) is 17.8 Å². The fourth-order valence-corrected chi connectivity index (χ4v) is 4.94. The smallest absolute Gasteiger partial charge is 0.0900 e. The molecular formula is C23H38Cl2N2O2. The van der Waals surface area contributed by atoms with Gasteiger partial charge in [-0.25, -0.2) is 0 Å². The Morgan fingerprint density at radius 2 is 1.90 bits per heavy atom. The van der Waals surface area contributed by atoms with E-state index < -0.39 is 6.10 Å². The maximum atomic E-state index is 10.5. The minimum atomic E-state index is -0.414. The van der Waals surface area contributed by atoms with Crippen molar-refractivity contribution in [3.05, 3.63) is 29.3 Å². The molecule has 2 aliphatic rings. The number of hydrogen-bond donors (Lipinski definition) is 1. The lowest BCUT2D eigenvalue weighted by atomic mass is 9.75. The van der Waals surface area contributed by atoms with Crippen LogP contribution in [0.15, 0.2) is 24.3 Å². The Bertz CT molecular complexity index is 608. The van der Waals surface area contributed by atoms with Crippen LogP contribution in [0.2, 0.25) is 5.02 Å². The van der Waals surface area contributed by atoms with E-state index in [1.165, 1.54) is 18.5 Å². The van der Waals surface area contributed by atoms with Crippen molar-refractivity contribution in [2.45, 2.75) is 52.2 Å². The normalized spacial score (nSPS) is 27.0. The van der Waals surface area contributed by atoms with Crippen LogP contribution >= 0.6 is 24.0 Å². The average Bonchev–Trinajstić information content (AvgIpc) is 2.67. The average molecular weight is 445 g/mol. The Kier molecular flexibility index (Phi) is 10.0. The van der Waals surface area contributed by atoms with Gasteiger partial charge in [0.25, 0.3) is 0 Å². The van der Waals surface area contributed by atoms with Crippen molar-refractivity contribution in [2.75, 3.05) is 44.2 Å². The fraction of sp³-hybridized carbons (Fsp3) is 0.739. The molecule has 0 radical (unpaired) electrons. The van der Waals surface area contributed by atoms with Crippen molar-refractivity contribution in [2.24, 2.45) is 17.8 Å². The highest BCUT2D eigenvalue weighted by Crippen LogP contribution is 2.35. The molecule has 29 heavy (non-hydrogen) atoms. The van der Waals surface area contributed by atoms with Gasteiger partial charge >= 0.3 is 0 Å². The van der Waals surface area contributed by atoms with Crippen LogP contribution in [0.3, 0.4) is 0 Å². The van der Waals surface area contributed by atoms with Crippen molar-refractivity contribution in [1.29, 1.82) is 0 Å². The molecule has 1 saturated heterocycles. The summed E-state index contributed by atoms with van der Waals surface area (Å²) in [6.45, 7) is 11.9. The monoisotopic (exact) mass is 444 g/mol. The number of β-amino-alcohol motifs (C(OH)–C–C–N with tert-alkyl or cyclic N) is 1. The number of nitrogens with zero attached hydrogens (tertiary/aromatic N) is 2. The van der Waals surface area contributed by atoms with Crippen LogP contribution in [-0.4, -0.2) is 61.5 Å². The molecule has 4 unspecified atom stereocenters. The molecule has 0 amide bonds. The lowest BCUT2D eigenvalue weighted by molar-refractivity contribution is -0.0740. The van der Waals surface area contributed by atoms with Gasteiger partial charge in [0.1, 0.15) is 0 Å². The number of aliphatic hydroxyl groups excluding tert-OH is 1. The quantitative estimate of drug-likeness (QED) is 0.659. The van der Waals surface area contributed by atoms with Crippen LogP contribution < -0.4 is 4.90 Å². The van der Waals surface area contributed by atoms with E-state index in [0.717, 1.165) is 43.5 Å². The minimum absolute atomic E-state index is 0. The molecule has 0 spiro atoms. The molecule has 0 aromatic heterocycles. The SMILES string of the molecule is CC1CCC(C(C)C)C(OCC(O)CN2CCN(c3cccc(Cl)c3)CC2)C1.Cl. The molecule has 4 atom stereocenters. The summed E-state index contributed by atoms with van der Waals surface area (Å²) >= 11 is 6.11. The van der Waals surface area contributed by atoms with Gasteiger partial charge in [0, 0.05) is 43.4 Å². The first-order valence-electron chi connectivity index (χ1n) is 10.9. The zero-order valence-electron chi connectivity index (χ0n) is 18.1. The lowest BCUT2D eigenvalue weighted by Crippen LogP contribution is -2.49. The highest BCUT2D eigenvalue weighted by Gasteiger charge is 2.32. The lowest BCUT2D eigenvalue weighted by Gasteiger charge is -2.39. The predicted octanol–water partition coefficient (Wildman–Crippen LogP) is 4.72. The van der Waals surface area contributed by atoms with Gasteiger partial charge in [-0.05, 0) is 48.8 Å². The van der Waals surface area contributed by atoms with E-state index in [-0.39, 0.29) is 12.4 Å². The molecule has 0 bridgehead atoms. The Hall–Kier alpha value is -0.520. The first-order chi connectivity index (χ1) is 13.4. The summed E-state index contributed by atoms with van der Waals surface area (Å²) in [5, 5.41) is 11.3. The number of halogens is 2. The molecule has 1 aliphatic carbocycles. The summed E-state index contributed by atoms with van der Waals surface area (Å²) in [7, 11) is 0. The summed E-state index contributed by atoms with van der Waals surface area (Å²) in [5.41, 5.74) is 1.18. The number of benzene rings is 1. The molecule has 4 nitrogen and oxygen atoms in total. The largest absolute Gasteiger partial charge is 0.389 e. The highest BCUT2D eigenvalue weighted by atomic mass is 35.5. The van der Waals surface area contributed by atoms with Crippen LogP contribution in [0.5, 0.6) is 0 Å². The predicted molar refractivity (Wildman–Crippen MR) is 124 cm³/mol. The number of rotatable bonds is 7. The molecule has 1 N–H and O–H groups in total. The number of aliphatic hydroxyl groups is 1. The van der Waals surface area contributed by atoms with E-state index in [9.17, 15) is 5.11 Å². The zero-order valence-corrected chi connectivity index (χ0v) is 19.7. The Morgan fingerprint density at radius 1 is 1.17 bits per heavy atom. The van der Waals surface area contributed by atoms with Crippen LogP contribution in [0.25, 0.3) is 0 Å². The fourth-order valence-electron chi connectivity index (χ4n) is 4.75. The molecule has 6 heteroatoms. The maximum Gasteiger partial charge on any atom is 0.0900 e. The van der Waals surface area contributed by atoms with E-state index in [4.69, 9.17) is 16.3 Å². The van der Waals surface area contributed by atoms with Crippen molar-refractivity contribution >= 4 is 29.7 Å². The molecule has 1 aromatic carbocycles.